The Labute approximate surface area is 72.9 Å². The highest BCUT2D eigenvalue weighted by Gasteiger charge is 2.19. The van der Waals surface area contributed by atoms with Gasteiger partial charge in [0.2, 0.25) is 0 Å². The summed E-state index contributed by atoms with van der Waals surface area (Å²) in [6.45, 7) is 0. The second-order valence-electron chi connectivity index (χ2n) is 3.21. The molecule has 1 fully saturated rings. The highest BCUT2D eigenvalue weighted by atomic mass is 35.5. The lowest BCUT2D eigenvalue weighted by Crippen LogP contribution is -2.17. The number of halogens is 2. The number of hydrogen-bond donors (Lipinski definition) is 0. The van der Waals surface area contributed by atoms with E-state index in [1.165, 1.54) is 25.7 Å². The van der Waals surface area contributed by atoms with Crippen LogP contribution in [0.3, 0.4) is 0 Å². The third-order valence-electron chi connectivity index (χ3n) is 2.33. The molecule has 0 nitrogen and oxygen atoms in total. The standard InChI is InChI=1S/C8H14Cl2/c9-5-7-2-1-3-8(4-7)6-10/h7-8H,1-6H2. The first-order valence-electron chi connectivity index (χ1n) is 3.98. The molecule has 0 N–H and O–H groups in total. The lowest BCUT2D eigenvalue weighted by atomic mass is 9.83. The van der Waals surface area contributed by atoms with Crippen LogP contribution < -0.4 is 0 Å². The topological polar surface area (TPSA) is 0 Å². The Balaban J connectivity index is 2.25. The fraction of sp³-hybridized carbons (Fsp3) is 1.00. The summed E-state index contributed by atoms with van der Waals surface area (Å²) in [6, 6.07) is 0. The quantitative estimate of drug-likeness (QED) is 0.573. The fourth-order valence-corrected chi connectivity index (χ4v) is 2.24. The molecule has 0 aromatic rings. The van der Waals surface area contributed by atoms with Gasteiger partial charge in [0.05, 0.1) is 0 Å². The van der Waals surface area contributed by atoms with E-state index in [1.807, 2.05) is 0 Å². The van der Waals surface area contributed by atoms with Gasteiger partial charge >= 0.3 is 0 Å². The van der Waals surface area contributed by atoms with E-state index in [0.717, 1.165) is 23.6 Å². The monoisotopic (exact) mass is 180 g/mol. The first kappa shape index (κ1) is 8.67. The van der Waals surface area contributed by atoms with E-state index >= 15 is 0 Å². The molecule has 1 saturated carbocycles. The molecule has 1 aliphatic carbocycles. The van der Waals surface area contributed by atoms with Crippen molar-refractivity contribution in [2.24, 2.45) is 11.8 Å². The van der Waals surface area contributed by atoms with Gasteiger partial charge in [-0.3, -0.25) is 0 Å². The van der Waals surface area contributed by atoms with Crippen LogP contribution in [0, 0.1) is 11.8 Å². The minimum absolute atomic E-state index is 0.749. The van der Waals surface area contributed by atoms with E-state index in [1.54, 1.807) is 0 Å². The third kappa shape index (κ3) is 2.32. The number of hydrogen-bond acceptors (Lipinski definition) is 0. The second-order valence-corrected chi connectivity index (χ2v) is 3.82. The minimum atomic E-state index is 0.749. The van der Waals surface area contributed by atoms with Crippen LogP contribution in [-0.2, 0) is 0 Å². The van der Waals surface area contributed by atoms with Gasteiger partial charge in [0, 0.05) is 11.8 Å². The molecule has 1 aliphatic rings. The molecule has 0 radical (unpaired) electrons. The summed E-state index contributed by atoms with van der Waals surface area (Å²) >= 11 is 11.5. The predicted molar refractivity (Wildman–Crippen MR) is 46.9 cm³/mol. The molecule has 10 heavy (non-hydrogen) atoms. The van der Waals surface area contributed by atoms with Crippen LogP contribution in [0.25, 0.3) is 0 Å². The highest BCUT2D eigenvalue weighted by Crippen LogP contribution is 2.30. The lowest BCUT2D eigenvalue weighted by Gasteiger charge is -2.25. The average Bonchev–Trinajstić information content (AvgIpc) is 2.05. The molecule has 0 aromatic carbocycles. The van der Waals surface area contributed by atoms with Crippen LogP contribution in [0.15, 0.2) is 0 Å². The summed E-state index contributed by atoms with van der Waals surface area (Å²) in [5, 5.41) is 0. The van der Waals surface area contributed by atoms with Crippen molar-refractivity contribution < 1.29 is 0 Å². The molecule has 0 bridgehead atoms. The molecule has 1 rings (SSSR count). The molecule has 0 amide bonds. The Hall–Kier alpha value is 0.580. The largest absolute Gasteiger partial charge is 0.126 e. The molecule has 0 aliphatic heterocycles. The van der Waals surface area contributed by atoms with Crippen molar-refractivity contribution in [1.82, 2.24) is 0 Å². The van der Waals surface area contributed by atoms with Gasteiger partial charge in [-0.25, -0.2) is 0 Å². The first-order valence-corrected chi connectivity index (χ1v) is 5.05. The zero-order chi connectivity index (χ0) is 7.40. The van der Waals surface area contributed by atoms with Gasteiger partial charge in [-0.2, -0.15) is 0 Å². The van der Waals surface area contributed by atoms with Crippen LogP contribution in [0.5, 0.6) is 0 Å². The van der Waals surface area contributed by atoms with E-state index < -0.39 is 0 Å². The van der Waals surface area contributed by atoms with E-state index in [0.29, 0.717) is 0 Å². The average molecular weight is 181 g/mol. The first-order chi connectivity index (χ1) is 4.86. The Morgan fingerprint density at radius 1 is 1.00 bits per heavy atom. The van der Waals surface area contributed by atoms with Gasteiger partial charge < -0.3 is 0 Å². The van der Waals surface area contributed by atoms with Crippen molar-refractivity contribution >= 4 is 23.2 Å². The van der Waals surface area contributed by atoms with Crippen molar-refractivity contribution in [2.75, 3.05) is 11.8 Å². The Kier molecular flexibility index (Phi) is 3.87. The van der Waals surface area contributed by atoms with Gasteiger partial charge in [0.15, 0.2) is 0 Å². The van der Waals surface area contributed by atoms with Crippen LogP contribution in [-0.4, -0.2) is 11.8 Å². The molecule has 0 heterocycles. The summed E-state index contributed by atoms with van der Waals surface area (Å²) in [4.78, 5) is 0. The zero-order valence-electron chi connectivity index (χ0n) is 6.15. The van der Waals surface area contributed by atoms with Gasteiger partial charge in [0.25, 0.3) is 0 Å². The molecule has 2 unspecified atom stereocenters. The van der Waals surface area contributed by atoms with E-state index in [4.69, 9.17) is 23.2 Å². The van der Waals surface area contributed by atoms with Crippen LogP contribution in [0.4, 0.5) is 0 Å². The summed E-state index contributed by atoms with van der Waals surface area (Å²) in [5.41, 5.74) is 0. The highest BCUT2D eigenvalue weighted by molar-refractivity contribution is 6.18. The molecular weight excluding hydrogens is 167 g/mol. The van der Waals surface area contributed by atoms with Gasteiger partial charge in [0.1, 0.15) is 0 Å². The number of rotatable bonds is 2. The van der Waals surface area contributed by atoms with E-state index in [2.05, 4.69) is 0 Å². The predicted octanol–water partition coefficient (Wildman–Crippen LogP) is 3.27. The maximum atomic E-state index is 5.76. The van der Waals surface area contributed by atoms with Crippen LogP contribution in [0.2, 0.25) is 0 Å². The van der Waals surface area contributed by atoms with E-state index in [-0.39, 0.29) is 0 Å². The van der Waals surface area contributed by atoms with Crippen molar-refractivity contribution in [3.05, 3.63) is 0 Å². The van der Waals surface area contributed by atoms with Crippen LogP contribution >= 0.6 is 23.2 Å². The van der Waals surface area contributed by atoms with Crippen LogP contribution in [0.1, 0.15) is 25.7 Å². The molecule has 60 valence electrons. The van der Waals surface area contributed by atoms with Gasteiger partial charge in [-0.05, 0) is 31.1 Å². The van der Waals surface area contributed by atoms with Crippen molar-refractivity contribution in [2.45, 2.75) is 25.7 Å². The second kappa shape index (κ2) is 4.46. The lowest BCUT2D eigenvalue weighted by molar-refractivity contribution is 0.307. The third-order valence-corrected chi connectivity index (χ3v) is 3.20. The van der Waals surface area contributed by atoms with Gasteiger partial charge in [-0.15, -0.1) is 23.2 Å². The Bertz CT molecular complexity index is 83.3. The smallest absolute Gasteiger partial charge is 0.0251 e. The maximum absolute atomic E-state index is 5.76. The molecule has 2 atom stereocenters. The normalized spacial score (nSPS) is 34.2. The summed E-state index contributed by atoms with van der Waals surface area (Å²) in [7, 11) is 0. The molecule has 0 spiro atoms. The Morgan fingerprint density at radius 2 is 1.50 bits per heavy atom. The van der Waals surface area contributed by atoms with Crippen molar-refractivity contribution in [1.29, 1.82) is 0 Å². The molecular formula is C8H14Cl2. The zero-order valence-corrected chi connectivity index (χ0v) is 7.67. The molecule has 2 heteroatoms. The fourth-order valence-electron chi connectivity index (χ4n) is 1.68. The van der Waals surface area contributed by atoms with Crippen molar-refractivity contribution in [3.63, 3.8) is 0 Å². The summed E-state index contributed by atoms with van der Waals surface area (Å²) < 4.78 is 0. The Morgan fingerprint density at radius 3 is 1.90 bits per heavy atom. The maximum Gasteiger partial charge on any atom is 0.0251 e. The number of alkyl halides is 2. The SMILES string of the molecule is ClCC1CCCC(CCl)C1. The summed E-state index contributed by atoms with van der Waals surface area (Å²) in [5.74, 6) is 3.15. The molecule has 0 aromatic heterocycles. The van der Waals surface area contributed by atoms with Crippen molar-refractivity contribution in [3.8, 4) is 0 Å². The minimum Gasteiger partial charge on any atom is -0.126 e. The van der Waals surface area contributed by atoms with Gasteiger partial charge in [-0.1, -0.05) is 6.42 Å². The summed E-state index contributed by atoms with van der Waals surface area (Å²) in [6.07, 6.45) is 5.22. The molecule has 0 saturated heterocycles. The van der Waals surface area contributed by atoms with E-state index in [9.17, 15) is 0 Å².